The SMILES string of the molecule is FC(F)(F)COc1ccccc1Oc1ncnc2c1oc1ccccc12. The van der Waals surface area contributed by atoms with E-state index in [1.165, 1.54) is 18.5 Å². The third kappa shape index (κ3) is 3.13. The van der Waals surface area contributed by atoms with Crippen molar-refractivity contribution >= 4 is 22.1 Å². The van der Waals surface area contributed by atoms with Crippen LogP contribution in [0.4, 0.5) is 13.2 Å². The molecular weight excluding hydrogens is 349 g/mol. The van der Waals surface area contributed by atoms with Crippen LogP contribution in [0.1, 0.15) is 0 Å². The van der Waals surface area contributed by atoms with Gasteiger partial charge in [-0.3, -0.25) is 0 Å². The van der Waals surface area contributed by atoms with Gasteiger partial charge in [0.05, 0.1) is 0 Å². The van der Waals surface area contributed by atoms with Gasteiger partial charge in [0.25, 0.3) is 5.88 Å². The second-order valence-corrected chi connectivity index (χ2v) is 5.41. The number of hydrogen-bond donors (Lipinski definition) is 0. The van der Waals surface area contributed by atoms with Crippen molar-refractivity contribution in [1.29, 1.82) is 0 Å². The smallest absolute Gasteiger partial charge is 0.422 e. The molecule has 5 nitrogen and oxygen atoms in total. The van der Waals surface area contributed by atoms with Crippen LogP contribution in [0.15, 0.2) is 59.3 Å². The number of hydrogen-bond acceptors (Lipinski definition) is 5. The zero-order chi connectivity index (χ0) is 18.1. The van der Waals surface area contributed by atoms with Gasteiger partial charge < -0.3 is 13.9 Å². The van der Waals surface area contributed by atoms with Crippen molar-refractivity contribution in [3.05, 3.63) is 54.9 Å². The summed E-state index contributed by atoms with van der Waals surface area (Å²) in [5.41, 5.74) is 1.47. The number of rotatable bonds is 4. The topological polar surface area (TPSA) is 57.4 Å². The van der Waals surface area contributed by atoms with Crippen LogP contribution in [0.5, 0.6) is 17.4 Å². The maximum absolute atomic E-state index is 12.4. The molecule has 0 aliphatic carbocycles. The molecule has 0 aliphatic heterocycles. The molecule has 0 fully saturated rings. The van der Waals surface area contributed by atoms with Crippen molar-refractivity contribution in [1.82, 2.24) is 9.97 Å². The Kier molecular flexibility index (Phi) is 3.87. The fourth-order valence-corrected chi connectivity index (χ4v) is 2.49. The Bertz CT molecular complexity index is 1080. The predicted molar refractivity (Wildman–Crippen MR) is 87.4 cm³/mol. The Morgan fingerprint density at radius 2 is 1.65 bits per heavy atom. The summed E-state index contributed by atoms with van der Waals surface area (Å²) in [6.45, 7) is -1.42. The third-order valence-corrected chi connectivity index (χ3v) is 3.57. The van der Waals surface area contributed by atoms with Crippen molar-refractivity contribution in [2.45, 2.75) is 6.18 Å². The van der Waals surface area contributed by atoms with E-state index < -0.39 is 12.8 Å². The summed E-state index contributed by atoms with van der Waals surface area (Å²) < 4.78 is 53.5. The normalized spacial score (nSPS) is 11.8. The highest BCUT2D eigenvalue weighted by atomic mass is 19.4. The van der Waals surface area contributed by atoms with Crippen LogP contribution in [-0.2, 0) is 0 Å². The van der Waals surface area contributed by atoms with Crippen LogP contribution in [-0.4, -0.2) is 22.8 Å². The van der Waals surface area contributed by atoms with E-state index in [4.69, 9.17) is 13.9 Å². The number of nitrogens with zero attached hydrogens (tertiary/aromatic N) is 2. The number of benzene rings is 2. The molecule has 2 aromatic heterocycles. The molecule has 0 N–H and O–H groups in total. The minimum Gasteiger partial charge on any atom is -0.480 e. The number of para-hydroxylation sites is 3. The second kappa shape index (κ2) is 6.21. The highest BCUT2D eigenvalue weighted by Gasteiger charge is 2.29. The lowest BCUT2D eigenvalue weighted by Gasteiger charge is -2.13. The molecular formula is C18H11F3N2O3. The highest BCUT2D eigenvalue weighted by molar-refractivity contribution is 6.03. The molecule has 132 valence electrons. The molecule has 0 aliphatic rings. The van der Waals surface area contributed by atoms with E-state index in [0.717, 1.165) is 5.39 Å². The lowest BCUT2D eigenvalue weighted by Crippen LogP contribution is -2.19. The van der Waals surface area contributed by atoms with Gasteiger partial charge >= 0.3 is 6.18 Å². The zero-order valence-electron chi connectivity index (χ0n) is 13.2. The van der Waals surface area contributed by atoms with E-state index in [1.807, 2.05) is 18.2 Å². The molecule has 0 saturated heterocycles. The molecule has 0 amide bonds. The molecule has 4 aromatic rings. The maximum Gasteiger partial charge on any atom is 0.422 e. The first-order valence-corrected chi connectivity index (χ1v) is 7.60. The molecule has 0 bridgehead atoms. The Morgan fingerprint density at radius 1 is 0.923 bits per heavy atom. The largest absolute Gasteiger partial charge is 0.480 e. The molecule has 8 heteroatoms. The van der Waals surface area contributed by atoms with Gasteiger partial charge in [-0.1, -0.05) is 24.3 Å². The summed E-state index contributed by atoms with van der Waals surface area (Å²) in [4.78, 5) is 8.24. The summed E-state index contributed by atoms with van der Waals surface area (Å²) in [6.07, 6.45) is -3.15. The Morgan fingerprint density at radius 3 is 2.46 bits per heavy atom. The number of furan rings is 1. The number of ether oxygens (including phenoxy) is 2. The third-order valence-electron chi connectivity index (χ3n) is 3.57. The van der Waals surface area contributed by atoms with Gasteiger partial charge in [-0.05, 0) is 24.3 Å². The van der Waals surface area contributed by atoms with Gasteiger partial charge in [-0.15, -0.1) is 0 Å². The molecule has 26 heavy (non-hydrogen) atoms. The number of halogens is 3. The zero-order valence-corrected chi connectivity index (χ0v) is 13.2. The summed E-state index contributed by atoms with van der Waals surface area (Å²) in [6, 6.07) is 13.3. The van der Waals surface area contributed by atoms with Crippen LogP contribution < -0.4 is 9.47 Å². The van der Waals surface area contributed by atoms with Crippen molar-refractivity contribution in [3.63, 3.8) is 0 Å². The first kappa shape index (κ1) is 16.2. The summed E-state index contributed by atoms with van der Waals surface area (Å²) in [5, 5.41) is 0.788. The quantitative estimate of drug-likeness (QED) is 0.506. The Balaban J connectivity index is 1.72. The van der Waals surface area contributed by atoms with E-state index >= 15 is 0 Å². The Labute approximate surface area is 145 Å². The molecule has 2 aromatic carbocycles. The fraction of sp³-hybridized carbons (Fsp3) is 0.111. The number of aromatic nitrogens is 2. The monoisotopic (exact) mass is 360 g/mol. The summed E-state index contributed by atoms with van der Waals surface area (Å²) >= 11 is 0. The standard InChI is InChI=1S/C18H11F3N2O3/c19-18(20,21)9-24-13-7-3-4-8-14(13)26-17-16-15(22-10-23-17)11-5-1-2-6-12(11)25-16/h1-8,10H,9H2. The molecule has 0 unspecified atom stereocenters. The molecule has 4 rings (SSSR count). The van der Waals surface area contributed by atoms with E-state index in [0.29, 0.717) is 16.7 Å². The number of alkyl halides is 3. The van der Waals surface area contributed by atoms with E-state index in [9.17, 15) is 13.2 Å². The van der Waals surface area contributed by atoms with E-state index in [-0.39, 0.29) is 17.4 Å². The fourth-order valence-electron chi connectivity index (χ4n) is 2.49. The van der Waals surface area contributed by atoms with E-state index in [1.54, 1.807) is 18.2 Å². The van der Waals surface area contributed by atoms with Gasteiger partial charge in [-0.2, -0.15) is 18.2 Å². The molecule has 2 heterocycles. The van der Waals surface area contributed by atoms with Gasteiger partial charge in [-0.25, -0.2) is 4.98 Å². The average molecular weight is 360 g/mol. The lowest BCUT2D eigenvalue weighted by molar-refractivity contribution is -0.153. The van der Waals surface area contributed by atoms with Crippen molar-refractivity contribution in [2.24, 2.45) is 0 Å². The average Bonchev–Trinajstić information content (AvgIpc) is 3.00. The van der Waals surface area contributed by atoms with Crippen LogP contribution in [0.3, 0.4) is 0 Å². The van der Waals surface area contributed by atoms with E-state index in [2.05, 4.69) is 9.97 Å². The van der Waals surface area contributed by atoms with Crippen molar-refractivity contribution in [2.75, 3.05) is 6.61 Å². The maximum atomic E-state index is 12.4. The first-order valence-electron chi connectivity index (χ1n) is 7.60. The molecule has 0 radical (unpaired) electrons. The van der Waals surface area contributed by atoms with Gasteiger partial charge in [0.2, 0.25) is 5.58 Å². The van der Waals surface area contributed by atoms with Gasteiger partial charge in [0.15, 0.2) is 18.1 Å². The predicted octanol–water partition coefficient (Wildman–Crippen LogP) is 5.11. The van der Waals surface area contributed by atoms with Crippen LogP contribution in [0.25, 0.3) is 22.1 Å². The van der Waals surface area contributed by atoms with Crippen molar-refractivity contribution in [3.8, 4) is 17.4 Å². The van der Waals surface area contributed by atoms with Gasteiger partial charge in [0, 0.05) is 5.39 Å². The van der Waals surface area contributed by atoms with Crippen LogP contribution in [0.2, 0.25) is 0 Å². The second-order valence-electron chi connectivity index (χ2n) is 5.41. The summed E-state index contributed by atoms with van der Waals surface area (Å²) in [5.74, 6) is 0.138. The minimum absolute atomic E-state index is 0.0484. The number of fused-ring (bicyclic) bond motifs is 3. The van der Waals surface area contributed by atoms with Crippen LogP contribution >= 0.6 is 0 Å². The highest BCUT2D eigenvalue weighted by Crippen LogP contribution is 2.37. The molecule has 0 saturated carbocycles. The lowest BCUT2D eigenvalue weighted by atomic mass is 10.2. The summed E-state index contributed by atoms with van der Waals surface area (Å²) in [7, 11) is 0. The van der Waals surface area contributed by atoms with Crippen LogP contribution in [0, 0.1) is 0 Å². The van der Waals surface area contributed by atoms with Crippen molar-refractivity contribution < 1.29 is 27.1 Å². The minimum atomic E-state index is -4.45. The Hall–Kier alpha value is -3.29. The first-order chi connectivity index (χ1) is 12.5. The molecule has 0 spiro atoms. The molecule has 0 atom stereocenters. The van der Waals surface area contributed by atoms with Gasteiger partial charge in [0.1, 0.15) is 17.4 Å².